The number of nitrogens with zero attached hydrogens (tertiary/aromatic N) is 1. The van der Waals surface area contributed by atoms with Crippen LogP contribution in [0.2, 0.25) is 0 Å². The highest BCUT2D eigenvalue weighted by Crippen LogP contribution is 2.13. The number of ether oxygens (including phenoxy) is 1. The molecule has 1 heterocycles. The number of benzene rings is 1. The molecular formula is C16H20N2O. The van der Waals surface area contributed by atoms with Crippen LogP contribution in [-0.2, 0) is 12.8 Å². The molecule has 0 amide bonds. The standard InChI is InChI=1S/C16H20N2O/c1-19-16-6-3-13(4-7-16)2-5-15(17)12-14-8-10-18-11-9-14/h3-4,6-11,15H,2,5,12,17H2,1H3. The van der Waals surface area contributed by atoms with Gasteiger partial charge in [-0.15, -0.1) is 0 Å². The second-order valence-electron chi connectivity index (χ2n) is 4.71. The molecule has 0 fully saturated rings. The first-order valence-electron chi connectivity index (χ1n) is 6.55. The molecule has 1 atom stereocenters. The van der Waals surface area contributed by atoms with E-state index in [1.807, 2.05) is 36.7 Å². The van der Waals surface area contributed by atoms with Crippen LogP contribution in [0.25, 0.3) is 0 Å². The molecule has 0 aliphatic heterocycles. The van der Waals surface area contributed by atoms with E-state index in [0.717, 1.165) is 25.0 Å². The minimum Gasteiger partial charge on any atom is -0.497 e. The minimum absolute atomic E-state index is 0.185. The molecule has 0 spiro atoms. The van der Waals surface area contributed by atoms with Gasteiger partial charge in [-0.3, -0.25) is 4.98 Å². The SMILES string of the molecule is COc1ccc(CCC(N)Cc2ccncc2)cc1. The van der Waals surface area contributed by atoms with Crippen molar-refractivity contribution in [2.75, 3.05) is 7.11 Å². The highest BCUT2D eigenvalue weighted by atomic mass is 16.5. The van der Waals surface area contributed by atoms with Gasteiger partial charge < -0.3 is 10.5 Å². The normalized spacial score (nSPS) is 12.1. The summed E-state index contributed by atoms with van der Waals surface area (Å²) in [6.07, 6.45) is 6.50. The molecule has 0 aliphatic rings. The first kappa shape index (κ1) is 13.6. The fraction of sp³-hybridized carbons (Fsp3) is 0.312. The van der Waals surface area contributed by atoms with Crippen LogP contribution in [0.1, 0.15) is 17.5 Å². The maximum absolute atomic E-state index is 6.16. The molecule has 3 nitrogen and oxygen atoms in total. The van der Waals surface area contributed by atoms with Crippen molar-refractivity contribution in [2.24, 2.45) is 5.73 Å². The van der Waals surface area contributed by atoms with Crippen molar-refractivity contribution in [3.63, 3.8) is 0 Å². The number of aryl methyl sites for hydroxylation is 1. The Labute approximate surface area is 114 Å². The van der Waals surface area contributed by atoms with Gasteiger partial charge in [-0.1, -0.05) is 12.1 Å². The zero-order chi connectivity index (χ0) is 13.5. The lowest BCUT2D eigenvalue weighted by molar-refractivity contribution is 0.414. The second kappa shape index (κ2) is 6.90. The minimum atomic E-state index is 0.185. The number of hydrogen-bond donors (Lipinski definition) is 1. The molecule has 0 aliphatic carbocycles. The van der Waals surface area contributed by atoms with Gasteiger partial charge in [0.25, 0.3) is 0 Å². The molecule has 0 bridgehead atoms. The van der Waals surface area contributed by atoms with Crippen LogP contribution in [-0.4, -0.2) is 18.1 Å². The third kappa shape index (κ3) is 4.38. The summed E-state index contributed by atoms with van der Waals surface area (Å²) >= 11 is 0. The monoisotopic (exact) mass is 256 g/mol. The van der Waals surface area contributed by atoms with Crippen LogP contribution in [0.3, 0.4) is 0 Å². The molecule has 1 aromatic carbocycles. The number of nitrogens with two attached hydrogens (primary N) is 1. The fourth-order valence-electron chi connectivity index (χ4n) is 2.07. The van der Waals surface area contributed by atoms with E-state index >= 15 is 0 Å². The van der Waals surface area contributed by atoms with Crippen LogP contribution in [0.15, 0.2) is 48.8 Å². The summed E-state index contributed by atoms with van der Waals surface area (Å²) in [5, 5.41) is 0. The van der Waals surface area contributed by atoms with Crippen LogP contribution < -0.4 is 10.5 Å². The Bertz CT molecular complexity index is 482. The van der Waals surface area contributed by atoms with Crippen molar-refractivity contribution >= 4 is 0 Å². The lowest BCUT2D eigenvalue weighted by Gasteiger charge is -2.11. The molecule has 0 saturated carbocycles. The smallest absolute Gasteiger partial charge is 0.118 e. The van der Waals surface area contributed by atoms with E-state index in [1.165, 1.54) is 11.1 Å². The van der Waals surface area contributed by atoms with Crippen molar-refractivity contribution in [1.29, 1.82) is 0 Å². The summed E-state index contributed by atoms with van der Waals surface area (Å²) in [5.41, 5.74) is 8.71. The van der Waals surface area contributed by atoms with Crippen LogP contribution in [0.5, 0.6) is 5.75 Å². The predicted octanol–water partition coefficient (Wildman–Crippen LogP) is 2.59. The van der Waals surface area contributed by atoms with Crippen molar-refractivity contribution in [2.45, 2.75) is 25.3 Å². The number of aromatic nitrogens is 1. The van der Waals surface area contributed by atoms with Gasteiger partial charge in [0, 0.05) is 18.4 Å². The summed E-state index contributed by atoms with van der Waals surface area (Å²) in [7, 11) is 1.68. The molecule has 2 N–H and O–H groups in total. The van der Waals surface area contributed by atoms with Gasteiger partial charge in [0.05, 0.1) is 7.11 Å². The number of hydrogen-bond acceptors (Lipinski definition) is 3. The van der Waals surface area contributed by atoms with Crippen LogP contribution in [0.4, 0.5) is 0 Å². The Balaban J connectivity index is 1.81. The Hall–Kier alpha value is -1.87. The molecule has 2 aromatic rings. The van der Waals surface area contributed by atoms with Gasteiger partial charge in [-0.25, -0.2) is 0 Å². The zero-order valence-corrected chi connectivity index (χ0v) is 11.3. The maximum Gasteiger partial charge on any atom is 0.118 e. The van der Waals surface area contributed by atoms with Gasteiger partial charge in [0.15, 0.2) is 0 Å². The zero-order valence-electron chi connectivity index (χ0n) is 11.3. The van der Waals surface area contributed by atoms with E-state index in [-0.39, 0.29) is 6.04 Å². The summed E-state index contributed by atoms with van der Waals surface area (Å²) in [5.74, 6) is 0.893. The van der Waals surface area contributed by atoms with E-state index in [9.17, 15) is 0 Å². The quantitative estimate of drug-likeness (QED) is 0.864. The van der Waals surface area contributed by atoms with Gasteiger partial charge in [0.1, 0.15) is 5.75 Å². The predicted molar refractivity (Wildman–Crippen MR) is 77.2 cm³/mol. The van der Waals surface area contributed by atoms with Crippen molar-refractivity contribution in [3.8, 4) is 5.75 Å². The highest BCUT2D eigenvalue weighted by Gasteiger charge is 2.04. The number of pyridine rings is 1. The third-order valence-corrected chi connectivity index (χ3v) is 3.21. The molecule has 1 unspecified atom stereocenters. The molecule has 0 saturated heterocycles. The van der Waals surface area contributed by atoms with E-state index in [4.69, 9.17) is 10.5 Å². The van der Waals surface area contributed by atoms with E-state index in [1.54, 1.807) is 7.11 Å². The third-order valence-electron chi connectivity index (χ3n) is 3.21. The Kier molecular flexibility index (Phi) is 4.93. The highest BCUT2D eigenvalue weighted by molar-refractivity contribution is 5.27. The first-order valence-corrected chi connectivity index (χ1v) is 6.55. The topological polar surface area (TPSA) is 48.1 Å². The fourth-order valence-corrected chi connectivity index (χ4v) is 2.07. The maximum atomic E-state index is 6.16. The second-order valence-corrected chi connectivity index (χ2v) is 4.71. The molecule has 19 heavy (non-hydrogen) atoms. The summed E-state index contributed by atoms with van der Waals surface area (Å²) in [6, 6.07) is 12.4. The number of rotatable bonds is 6. The van der Waals surface area contributed by atoms with Crippen molar-refractivity contribution in [1.82, 2.24) is 4.98 Å². The van der Waals surface area contributed by atoms with Gasteiger partial charge in [0.2, 0.25) is 0 Å². The largest absolute Gasteiger partial charge is 0.497 e. The first-order chi connectivity index (χ1) is 9.28. The van der Waals surface area contributed by atoms with Crippen LogP contribution >= 0.6 is 0 Å². The molecule has 100 valence electrons. The van der Waals surface area contributed by atoms with Crippen molar-refractivity contribution < 1.29 is 4.74 Å². The van der Waals surface area contributed by atoms with Gasteiger partial charge >= 0.3 is 0 Å². The average Bonchev–Trinajstić information content (AvgIpc) is 2.47. The molecule has 0 radical (unpaired) electrons. The molecular weight excluding hydrogens is 236 g/mol. The number of methoxy groups -OCH3 is 1. The molecule has 2 rings (SSSR count). The Morgan fingerprint density at radius 1 is 1.05 bits per heavy atom. The lowest BCUT2D eigenvalue weighted by Crippen LogP contribution is -2.23. The van der Waals surface area contributed by atoms with Gasteiger partial charge in [-0.05, 0) is 54.7 Å². The van der Waals surface area contributed by atoms with E-state index < -0.39 is 0 Å². The summed E-state index contributed by atoms with van der Waals surface area (Å²) < 4.78 is 5.14. The Morgan fingerprint density at radius 3 is 2.37 bits per heavy atom. The average molecular weight is 256 g/mol. The summed E-state index contributed by atoms with van der Waals surface area (Å²) in [4.78, 5) is 4.01. The molecule has 1 aromatic heterocycles. The Morgan fingerprint density at radius 2 is 1.74 bits per heavy atom. The van der Waals surface area contributed by atoms with E-state index in [0.29, 0.717) is 0 Å². The summed E-state index contributed by atoms with van der Waals surface area (Å²) in [6.45, 7) is 0. The van der Waals surface area contributed by atoms with E-state index in [2.05, 4.69) is 17.1 Å². The van der Waals surface area contributed by atoms with Crippen LogP contribution in [0, 0.1) is 0 Å². The molecule has 3 heteroatoms. The lowest BCUT2D eigenvalue weighted by atomic mass is 10.0. The van der Waals surface area contributed by atoms with Gasteiger partial charge in [-0.2, -0.15) is 0 Å². The van der Waals surface area contributed by atoms with Crippen molar-refractivity contribution in [3.05, 3.63) is 59.9 Å².